The molecule has 2 heteroatoms. The zero-order valence-electron chi connectivity index (χ0n) is 15.0. The second-order valence-corrected chi connectivity index (χ2v) is 6.42. The lowest BCUT2D eigenvalue weighted by Gasteiger charge is -2.02. The lowest BCUT2D eigenvalue weighted by Crippen LogP contribution is -1.90. The first-order chi connectivity index (χ1) is 12.7. The van der Waals surface area contributed by atoms with Crippen LogP contribution in [-0.2, 0) is 6.54 Å². The molecule has 0 saturated heterocycles. The van der Waals surface area contributed by atoms with Crippen LogP contribution in [0.5, 0.6) is 0 Å². The van der Waals surface area contributed by atoms with Crippen LogP contribution in [0, 0.1) is 18.8 Å². The summed E-state index contributed by atoms with van der Waals surface area (Å²) in [4.78, 5) is 4.49. The van der Waals surface area contributed by atoms with Crippen molar-refractivity contribution in [2.24, 2.45) is 0 Å². The van der Waals surface area contributed by atoms with Crippen LogP contribution >= 0.6 is 0 Å². The lowest BCUT2D eigenvalue weighted by atomic mass is 10.1. The van der Waals surface area contributed by atoms with Crippen molar-refractivity contribution in [3.63, 3.8) is 0 Å². The summed E-state index contributed by atoms with van der Waals surface area (Å²) in [5.41, 5.74) is 6.59. The van der Waals surface area contributed by atoms with Crippen molar-refractivity contribution in [3.05, 3.63) is 89.9 Å². The summed E-state index contributed by atoms with van der Waals surface area (Å²) < 4.78 is 2.23. The number of benzene rings is 2. The number of aryl methyl sites for hydroxylation is 2. The SMILES string of the molecule is CCn1ccc2cc(C#Cc3ccc(-c4ccc(C)cc4)cn3)ccc21. The Bertz CT molecular complexity index is 1110. The minimum atomic E-state index is 0.784. The number of nitrogens with zero attached hydrogens (tertiary/aromatic N) is 2. The zero-order valence-corrected chi connectivity index (χ0v) is 15.0. The third-order valence-electron chi connectivity index (χ3n) is 4.59. The van der Waals surface area contributed by atoms with Gasteiger partial charge in [-0.25, -0.2) is 4.98 Å². The molecule has 0 bridgehead atoms. The fourth-order valence-electron chi connectivity index (χ4n) is 3.07. The lowest BCUT2D eigenvalue weighted by molar-refractivity contribution is 0.797. The average molecular weight is 336 g/mol. The highest BCUT2D eigenvalue weighted by atomic mass is 14.9. The Balaban J connectivity index is 1.57. The molecule has 0 atom stereocenters. The fourth-order valence-corrected chi connectivity index (χ4v) is 3.07. The minimum absolute atomic E-state index is 0.784. The van der Waals surface area contributed by atoms with Gasteiger partial charge in [0, 0.05) is 41.0 Å². The molecule has 0 N–H and O–H groups in total. The average Bonchev–Trinajstić information content (AvgIpc) is 3.10. The van der Waals surface area contributed by atoms with E-state index in [1.807, 2.05) is 12.3 Å². The Morgan fingerprint density at radius 2 is 1.69 bits per heavy atom. The molecule has 0 aliphatic carbocycles. The maximum atomic E-state index is 4.49. The van der Waals surface area contributed by atoms with Crippen LogP contribution < -0.4 is 0 Å². The zero-order chi connectivity index (χ0) is 17.9. The molecular weight excluding hydrogens is 316 g/mol. The Morgan fingerprint density at radius 1 is 0.885 bits per heavy atom. The van der Waals surface area contributed by atoms with Crippen LogP contribution in [0.15, 0.2) is 73.1 Å². The molecule has 0 fully saturated rings. The van der Waals surface area contributed by atoms with E-state index < -0.39 is 0 Å². The first-order valence-corrected chi connectivity index (χ1v) is 8.87. The van der Waals surface area contributed by atoms with Gasteiger partial charge in [-0.3, -0.25) is 0 Å². The van der Waals surface area contributed by atoms with Crippen molar-refractivity contribution in [1.29, 1.82) is 0 Å². The van der Waals surface area contributed by atoms with E-state index in [0.717, 1.165) is 23.4 Å². The van der Waals surface area contributed by atoms with Crippen molar-refractivity contribution in [1.82, 2.24) is 9.55 Å². The summed E-state index contributed by atoms with van der Waals surface area (Å²) in [7, 11) is 0. The third kappa shape index (κ3) is 3.25. The third-order valence-corrected chi connectivity index (χ3v) is 4.59. The Kier molecular flexibility index (Phi) is 4.29. The van der Waals surface area contributed by atoms with Gasteiger partial charge in [0.15, 0.2) is 0 Å². The Hall–Kier alpha value is -3.31. The van der Waals surface area contributed by atoms with Crippen LogP contribution in [-0.4, -0.2) is 9.55 Å². The standard InChI is InChI=1S/C24H20N2/c1-3-26-15-14-21-16-19(7-13-24(21)26)6-11-23-12-10-22(17-25-23)20-8-4-18(2)5-9-20/h4-5,7-10,12-17H,3H2,1-2H3. The van der Waals surface area contributed by atoms with Crippen molar-refractivity contribution >= 4 is 10.9 Å². The summed E-state index contributed by atoms with van der Waals surface area (Å²) in [5.74, 6) is 6.39. The van der Waals surface area contributed by atoms with E-state index in [2.05, 4.69) is 96.0 Å². The number of aromatic nitrogens is 2. The van der Waals surface area contributed by atoms with E-state index in [-0.39, 0.29) is 0 Å². The van der Waals surface area contributed by atoms with Gasteiger partial charge in [-0.1, -0.05) is 41.8 Å². The van der Waals surface area contributed by atoms with E-state index >= 15 is 0 Å². The predicted octanol–water partition coefficient (Wildman–Crippen LogP) is 5.43. The maximum Gasteiger partial charge on any atom is 0.113 e. The van der Waals surface area contributed by atoms with E-state index in [9.17, 15) is 0 Å². The molecule has 0 aliphatic heterocycles. The number of rotatable bonds is 2. The summed E-state index contributed by atoms with van der Waals surface area (Å²) in [6, 6.07) is 21.0. The Labute approximate surface area is 154 Å². The highest BCUT2D eigenvalue weighted by Crippen LogP contribution is 2.19. The van der Waals surface area contributed by atoms with Gasteiger partial charge in [0.25, 0.3) is 0 Å². The first kappa shape index (κ1) is 16.2. The van der Waals surface area contributed by atoms with Crippen molar-refractivity contribution in [2.75, 3.05) is 0 Å². The van der Waals surface area contributed by atoms with Crippen LogP contribution in [0.1, 0.15) is 23.7 Å². The van der Waals surface area contributed by atoms with Gasteiger partial charge in [-0.15, -0.1) is 0 Å². The monoisotopic (exact) mass is 336 g/mol. The van der Waals surface area contributed by atoms with Gasteiger partial charge in [0.05, 0.1) is 0 Å². The summed E-state index contributed by atoms with van der Waals surface area (Å²) in [5, 5.41) is 1.22. The molecule has 2 heterocycles. The molecule has 0 unspecified atom stereocenters. The van der Waals surface area contributed by atoms with Crippen molar-refractivity contribution in [2.45, 2.75) is 20.4 Å². The molecule has 0 spiro atoms. The van der Waals surface area contributed by atoms with Crippen LogP contribution in [0.3, 0.4) is 0 Å². The van der Waals surface area contributed by atoms with Gasteiger partial charge < -0.3 is 4.57 Å². The van der Waals surface area contributed by atoms with Gasteiger partial charge >= 0.3 is 0 Å². The molecular formula is C24H20N2. The Morgan fingerprint density at radius 3 is 2.42 bits per heavy atom. The van der Waals surface area contributed by atoms with E-state index in [0.29, 0.717) is 0 Å². The van der Waals surface area contributed by atoms with Crippen molar-refractivity contribution < 1.29 is 0 Å². The molecule has 2 aromatic heterocycles. The predicted molar refractivity (Wildman–Crippen MR) is 108 cm³/mol. The van der Waals surface area contributed by atoms with Gasteiger partial charge in [-0.05, 0) is 55.7 Å². The highest BCUT2D eigenvalue weighted by Gasteiger charge is 2.00. The van der Waals surface area contributed by atoms with Gasteiger partial charge in [0.1, 0.15) is 5.69 Å². The smallest absolute Gasteiger partial charge is 0.113 e. The second kappa shape index (κ2) is 6.90. The van der Waals surface area contributed by atoms with Crippen LogP contribution in [0.25, 0.3) is 22.0 Å². The van der Waals surface area contributed by atoms with Gasteiger partial charge in [-0.2, -0.15) is 0 Å². The fraction of sp³-hybridized carbons (Fsp3) is 0.125. The normalized spacial score (nSPS) is 10.5. The number of hydrogen-bond acceptors (Lipinski definition) is 1. The van der Waals surface area contributed by atoms with E-state index in [1.54, 1.807) is 0 Å². The van der Waals surface area contributed by atoms with Crippen LogP contribution in [0.4, 0.5) is 0 Å². The molecule has 26 heavy (non-hydrogen) atoms. The molecule has 0 amide bonds. The summed E-state index contributed by atoms with van der Waals surface area (Å²) >= 11 is 0. The number of hydrogen-bond donors (Lipinski definition) is 0. The van der Waals surface area contributed by atoms with Crippen LogP contribution in [0.2, 0.25) is 0 Å². The first-order valence-electron chi connectivity index (χ1n) is 8.87. The molecule has 4 rings (SSSR count). The molecule has 0 aliphatic rings. The maximum absolute atomic E-state index is 4.49. The topological polar surface area (TPSA) is 17.8 Å². The summed E-state index contributed by atoms with van der Waals surface area (Å²) in [6.07, 6.45) is 4.01. The molecule has 0 saturated carbocycles. The van der Waals surface area contributed by atoms with E-state index in [1.165, 1.54) is 22.0 Å². The second-order valence-electron chi connectivity index (χ2n) is 6.42. The van der Waals surface area contributed by atoms with Crippen molar-refractivity contribution in [3.8, 4) is 23.0 Å². The molecule has 126 valence electrons. The quantitative estimate of drug-likeness (QED) is 0.446. The highest BCUT2D eigenvalue weighted by molar-refractivity contribution is 5.81. The number of fused-ring (bicyclic) bond motifs is 1. The number of pyridine rings is 1. The van der Waals surface area contributed by atoms with E-state index in [4.69, 9.17) is 0 Å². The molecule has 0 radical (unpaired) electrons. The minimum Gasteiger partial charge on any atom is -0.348 e. The largest absolute Gasteiger partial charge is 0.348 e. The summed E-state index contributed by atoms with van der Waals surface area (Å²) in [6.45, 7) is 5.22. The molecule has 2 aromatic carbocycles. The molecule has 4 aromatic rings. The molecule has 2 nitrogen and oxygen atoms in total. The van der Waals surface area contributed by atoms with Gasteiger partial charge in [0.2, 0.25) is 0 Å².